The van der Waals surface area contributed by atoms with E-state index in [9.17, 15) is 14.7 Å². The molecule has 0 aliphatic carbocycles. The van der Waals surface area contributed by atoms with Crippen LogP contribution in [0.4, 0.5) is 16.3 Å². The van der Waals surface area contributed by atoms with E-state index in [4.69, 9.17) is 4.98 Å². The summed E-state index contributed by atoms with van der Waals surface area (Å²) in [6.45, 7) is 4.00. The normalized spacial score (nSPS) is 14.2. The van der Waals surface area contributed by atoms with Crippen LogP contribution in [-0.2, 0) is 11.3 Å². The van der Waals surface area contributed by atoms with E-state index in [1.165, 1.54) is 23.2 Å². The van der Waals surface area contributed by atoms with Gasteiger partial charge in [-0.25, -0.2) is 14.8 Å². The van der Waals surface area contributed by atoms with Gasteiger partial charge in [-0.3, -0.25) is 4.79 Å². The zero-order valence-electron chi connectivity index (χ0n) is 18.5. The van der Waals surface area contributed by atoms with Gasteiger partial charge < -0.3 is 20.2 Å². The number of amides is 2. The highest BCUT2D eigenvalue weighted by Gasteiger charge is 2.25. The molecule has 0 bridgehead atoms. The number of hydrogen-bond donors (Lipinski definition) is 2. The molecular formula is C24H27N5O3S. The molecule has 0 atom stereocenters. The van der Waals surface area contributed by atoms with Crippen LogP contribution in [0.1, 0.15) is 25.5 Å². The second kappa shape index (κ2) is 10.4. The molecule has 1 aliphatic rings. The molecule has 9 heteroatoms. The molecule has 1 saturated heterocycles. The van der Waals surface area contributed by atoms with Gasteiger partial charge in [-0.15, -0.1) is 11.3 Å². The smallest absolute Gasteiger partial charge is 0.407 e. The van der Waals surface area contributed by atoms with Crippen molar-refractivity contribution < 1.29 is 14.7 Å². The third-order valence-corrected chi connectivity index (χ3v) is 6.37. The fraction of sp³-hybridized carbons (Fsp3) is 0.333. The van der Waals surface area contributed by atoms with Crippen molar-refractivity contribution in [2.45, 2.75) is 26.3 Å². The fourth-order valence-electron chi connectivity index (χ4n) is 4.10. The lowest BCUT2D eigenvalue weighted by molar-refractivity contribution is -0.114. The van der Waals surface area contributed by atoms with Crippen LogP contribution < -0.4 is 10.2 Å². The van der Waals surface area contributed by atoms with Gasteiger partial charge in [0.05, 0.1) is 23.4 Å². The Morgan fingerprint density at radius 3 is 2.70 bits per heavy atom. The maximum absolute atomic E-state index is 11.7. The van der Waals surface area contributed by atoms with Gasteiger partial charge in [0.2, 0.25) is 5.91 Å². The van der Waals surface area contributed by atoms with Crippen LogP contribution >= 0.6 is 11.3 Å². The van der Waals surface area contributed by atoms with Gasteiger partial charge in [-0.1, -0.05) is 18.2 Å². The number of thiazole rings is 1. The standard InChI is InChI=1S/C24H27N5O3S/c1-17(30)26-20-5-2-4-19(12-20)22-6-3-7-23(27-22)28-10-8-18(9-11-28)13-29(24(31)32)14-21-15-33-16-25-21/h2-7,12,15-16,18H,8-11,13-14H2,1H3,(H,26,30)(H,31,32). The first-order valence-corrected chi connectivity index (χ1v) is 11.9. The van der Waals surface area contributed by atoms with Crippen LogP contribution in [-0.4, -0.2) is 51.6 Å². The second-order valence-corrected chi connectivity index (χ2v) is 8.94. The monoisotopic (exact) mass is 465 g/mol. The Hall–Kier alpha value is -3.46. The van der Waals surface area contributed by atoms with E-state index in [0.717, 1.165) is 54.4 Å². The number of anilines is 2. The minimum absolute atomic E-state index is 0.107. The molecule has 1 fully saturated rings. The van der Waals surface area contributed by atoms with Crippen LogP contribution in [0.2, 0.25) is 0 Å². The molecule has 2 amide bonds. The van der Waals surface area contributed by atoms with Crippen molar-refractivity contribution in [3.63, 3.8) is 0 Å². The molecule has 2 aromatic heterocycles. The summed E-state index contributed by atoms with van der Waals surface area (Å²) in [5, 5.41) is 14.3. The Morgan fingerprint density at radius 1 is 1.21 bits per heavy atom. The van der Waals surface area contributed by atoms with Gasteiger partial charge in [0.25, 0.3) is 0 Å². The molecule has 0 radical (unpaired) electrons. The third-order valence-electron chi connectivity index (χ3n) is 5.74. The number of aromatic nitrogens is 2. The topological polar surface area (TPSA) is 98.7 Å². The average Bonchev–Trinajstić information content (AvgIpc) is 3.32. The number of carboxylic acid groups (broad SMARTS) is 1. The lowest BCUT2D eigenvalue weighted by Crippen LogP contribution is -2.40. The van der Waals surface area contributed by atoms with Crippen molar-refractivity contribution in [2.24, 2.45) is 5.92 Å². The Balaban J connectivity index is 1.38. The molecule has 33 heavy (non-hydrogen) atoms. The first-order valence-electron chi connectivity index (χ1n) is 10.9. The van der Waals surface area contributed by atoms with Gasteiger partial charge >= 0.3 is 6.09 Å². The maximum Gasteiger partial charge on any atom is 0.407 e. The molecule has 3 aromatic rings. The van der Waals surface area contributed by atoms with Crippen molar-refractivity contribution in [2.75, 3.05) is 29.9 Å². The molecule has 2 N–H and O–H groups in total. The predicted octanol–water partition coefficient (Wildman–Crippen LogP) is 4.56. The number of carbonyl (C=O) groups is 2. The van der Waals surface area contributed by atoms with Crippen LogP contribution in [0.15, 0.2) is 53.4 Å². The first kappa shape index (κ1) is 22.7. The Morgan fingerprint density at radius 2 is 2.00 bits per heavy atom. The molecule has 0 saturated carbocycles. The number of nitrogens with one attached hydrogen (secondary N) is 1. The number of piperidine rings is 1. The lowest BCUT2D eigenvalue weighted by Gasteiger charge is -2.34. The van der Waals surface area contributed by atoms with E-state index in [0.29, 0.717) is 19.0 Å². The Labute approximate surface area is 196 Å². The minimum Gasteiger partial charge on any atom is -0.465 e. The van der Waals surface area contributed by atoms with Crippen molar-refractivity contribution in [1.82, 2.24) is 14.9 Å². The Bertz CT molecular complexity index is 1100. The lowest BCUT2D eigenvalue weighted by atomic mass is 9.96. The molecular weight excluding hydrogens is 438 g/mol. The predicted molar refractivity (Wildman–Crippen MR) is 129 cm³/mol. The number of rotatable bonds is 7. The molecule has 4 rings (SSSR count). The van der Waals surface area contributed by atoms with E-state index < -0.39 is 6.09 Å². The highest BCUT2D eigenvalue weighted by Crippen LogP contribution is 2.27. The molecule has 1 aromatic carbocycles. The molecule has 1 aliphatic heterocycles. The van der Waals surface area contributed by atoms with Gasteiger partial charge in [0.15, 0.2) is 0 Å². The van der Waals surface area contributed by atoms with E-state index in [1.807, 2.05) is 47.8 Å². The van der Waals surface area contributed by atoms with Crippen LogP contribution in [0.25, 0.3) is 11.3 Å². The van der Waals surface area contributed by atoms with Crippen LogP contribution in [0.5, 0.6) is 0 Å². The van der Waals surface area contributed by atoms with Gasteiger partial charge in [-0.2, -0.15) is 0 Å². The number of hydrogen-bond acceptors (Lipinski definition) is 6. The summed E-state index contributed by atoms with van der Waals surface area (Å²) in [6.07, 6.45) is 0.913. The summed E-state index contributed by atoms with van der Waals surface area (Å²) in [7, 11) is 0. The molecule has 8 nitrogen and oxygen atoms in total. The SMILES string of the molecule is CC(=O)Nc1cccc(-c2cccc(N3CCC(CN(Cc4cscn4)C(=O)O)CC3)n2)c1. The summed E-state index contributed by atoms with van der Waals surface area (Å²) >= 11 is 1.48. The van der Waals surface area contributed by atoms with E-state index in [2.05, 4.69) is 15.2 Å². The number of carbonyl (C=O) groups excluding carboxylic acids is 1. The molecule has 3 heterocycles. The number of nitrogens with zero attached hydrogens (tertiary/aromatic N) is 4. The van der Waals surface area contributed by atoms with Crippen LogP contribution in [0.3, 0.4) is 0 Å². The molecule has 172 valence electrons. The minimum atomic E-state index is -0.902. The summed E-state index contributed by atoms with van der Waals surface area (Å²) in [6, 6.07) is 13.6. The van der Waals surface area contributed by atoms with Crippen LogP contribution in [0, 0.1) is 5.92 Å². The van der Waals surface area contributed by atoms with E-state index in [-0.39, 0.29) is 5.91 Å². The van der Waals surface area contributed by atoms with Gasteiger partial charge in [-0.05, 0) is 43.0 Å². The second-order valence-electron chi connectivity index (χ2n) is 8.22. The quantitative estimate of drug-likeness (QED) is 0.531. The van der Waals surface area contributed by atoms with Crippen molar-refractivity contribution >= 4 is 34.8 Å². The maximum atomic E-state index is 11.7. The fourth-order valence-corrected chi connectivity index (χ4v) is 4.65. The largest absolute Gasteiger partial charge is 0.465 e. The van der Waals surface area contributed by atoms with Gasteiger partial charge in [0, 0.05) is 43.2 Å². The third kappa shape index (κ3) is 6.07. The Kier molecular flexibility index (Phi) is 7.19. The summed E-state index contributed by atoms with van der Waals surface area (Å²) in [5.41, 5.74) is 5.06. The van der Waals surface area contributed by atoms with E-state index in [1.54, 1.807) is 5.51 Å². The first-order chi connectivity index (χ1) is 16.0. The molecule has 0 unspecified atom stereocenters. The van der Waals surface area contributed by atoms with E-state index >= 15 is 0 Å². The zero-order valence-corrected chi connectivity index (χ0v) is 19.3. The van der Waals surface area contributed by atoms with Gasteiger partial charge in [0.1, 0.15) is 5.82 Å². The average molecular weight is 466 g/mol. The molecule has 0 spiro atoms. The highest BCUT2D eigenvalue weighted by molar-refractivity contribution is 7.07. The summed E-state index contributed by atoms with van der Waals surface area (Å²) < 4.78 is 0. The van der Waals surface area contributed by atoms with Crippen molar-refractivity contribution in [3.8, 4) is 11.3 Å². The highest BCUT2D eigenvalue weighted by atomic mass is 32.1. The van der Waals surface area contributed by atoms with Crippen molar-refractivity contribution in [3.05, 3.63) is 59.0 Å². The zero-order chi connectivity index (χ0) is 23.2. The summed E-state index contributed by atoms with van der Waals surface area (Å²) in [4.78, 5) is 35.8. The number of benzene rings is 1. The van der Waals surface area contributed by atoms with Crippen molar-refractivity contribution in [1.29, 1.82) is 0 Å². The summed E-state index contributed by atoms with van der Waals surface area (Å²) in [5.74, 6) is 1.12. The number of pyridine rings is 1.